The molecule has 1 aromatic rings. The standard InChI is InChI=1S/C17H24O/c1-14-7-9-15(10-8-14)11-12-16(18)6-5-13-17(2,3)4/h7-10,16,18H,6,11-12H2,1-4H3. The van der Waals surface area contributed by atoms with Gasteiger partial charge in [0.15, 0.2) is 0 Å². The Morgan fingerprint density at radius 1 is 1.17 bits per heavy atom. The summed E-state index contributed by atoms with van der Waals surface area (Å²) in [6.07, 6.45) is 1.95. The van der Waals surface area contributed by atoms with E-state index in [1.807, 2.05) is 0 Å². The highest BCUT2D eigenvalue weighted by atomic mass is 16.3. The molecule has 0 heterocycles. The summed E-state index contributed by atoms with van der Waals surface area (Å²) >= 11 is 0. The molecule has 1 rings (SSSR count). The fourth-order valence-electron chi connectivity index (χ4n) is 1.62. The largest absolute Gasteiger partial charge is 0.392 e. The van der Waals surface area contributed by atoms with Crippen LogP contribution in [0.2, 0.25) is 0 Å². The van der Waals surface area contributed by atoms with Gasteiger partial charge in [0.1, 0.15) is 0 Å². The van der Waals surface area contributed by atoms with E-state index >= 15 is 0 Å². The van der Waals surface area contributed by atoms with Crippen molar-refractivity contribution in [2.45, 2.75) is 53.1 Å². The van der Waals surface area contributed by atoms with Gasteiger partial charge in [-0.05, 0) is 46.1 Å². The Labute approximate surface area is 111 Å². The van der Waals surface area contributed by atoms with E-state index in [1.54, 1.807) is 0 Å². The van der Waals surface area contributed by atoms with Crippen LogP contribution in [0.4, 0.5) is 0 Å². The predicted molar refractivity (Wildman–Crippen MR) is 77.4 cm³/mol. The number of hydrogen-bond acceptors (Lipinski definition) is 1. The zero-order valence-corrected chi connectivity index (χ0v) is 12.0. The van der Waals surface area contributed by atoms with Crippen molar-refractivity contribution in [2.75, 3.05) is 0 Å². The molecular weight excluding hydrogens is 220 g/mol. The number of aryl methyl sites for hydroxylation is 2. The van der Waals surface area contributed by atoms with Crippen LogP contribution in [0.25, 0.3) is 0 Å². The molecule has 1 heteroatoms. The third-order valence-corrected chi connectivity index (χ3v) is 2.69. The van der Waals surface area contributed by atoms with Crippen LogP contribution >= 0.6 is 0 Å². The molecular formula is C17H24O. The molecule has 18 heavy (non-hydrogen) atoms. The average Bonchev–Trinajstić information content (AvgIpc) is 2.26. The van der Waals surface area contributed by atoms with Gasteiger partial charge in [-0.2, -0.15) is 0 Å². The number of aliphatic hydroxyl groups excluding tert-OH is 1. The highest BCUT2D eigenvalue weighted by Gasteiger charge is 2.05. The SMILES string of the molecule is Cc1ccc(CCC(O)CC#CC(C)(C)C)cc1. The second-order valence-electron chi connectivity index (χ2n) is 5.93. The molecule has 0 fully saturated rings. The monoisotopic (exact) mass is 244 g/mol. The van der Waals surface area contributed by atoms with Gasteiger partial charge < -0.3 is 5.11 Å². The van der Waals surface area contributed by atoms with Crippen LogP contribution in [0.15, 0.2) is 24.3 Å². The van der Waals surface area contributed by atoms with Crippen LogP contribution < -0.4 is 0 Å². The Morgan fingerprint density at radius 2 is 1.78 bits per heavy atom. The molecule has 0 aliphatic heterocycles. The molecule has 0 saturated heterocycles. The highest BCUT2D eigenvalue weighted by Crippen LogP contribution is 2.11. The second-order valence-corrected chi connectivity index (χ2v) is 5.93. The molecule has 0 aromatic heterocycles. The maximum Gasteiger partial charge on any atom is 0.0652 e. The fraction of sp³-hybridized carbons (Fsp3) is 0.529. The molecule has 1 aromatic carbocycles. The Hall–Kier alpha value is -1.26. The first-order valence-corrected chi connectivity index (χ1v) is 6.60. The summed E-state index contributed by atoms with van der Waals surface area (Å²) in [5.41, 5.74) is 2.58. The maximum absolute atomic E-state index is 9.86. The average molecular weight is 244 g/mol. The minimum Gasteiger partial charge on any atom is -0.392 e. The van der Waals surface area contributed by atoms with Gasteiger partial charge in [0, 0.05) is 11.8 Å². The molecule has 0 spiro atoms. The van der Waals surface area contributed by atoms with Gasteiger partial charge in [0.25, 0.3) is 0 Å². The minimum absolute atomic E-state index is 0.0245. The molecule has 98 valence electrons. The van der Waals surface area contributed by atoms with Crippen molar-refractivity contribution in [2.24, 2.45) is 5.41 Å². The van der Waals surface area contributed by atoms with E-state index < -0.39 is 0 Å². The topological polar surface area (TPSA) is 20.2 Å². The normalized spacial score (nSPS) is 12.7. The van der Waals surface area contributed by atoms with Crippen LogP contribution in [0.1, 0.15) is 44.7 Å². The first kappa shape index (κ1) is 14.8. The summed E-state index contributed by atoms with van der Waals surface area (Å²) in [5, 5.41) is 9.86. The van der Waals surface area contributed by atoms with E-state index in [4.69, 9.17) is 0 Å². The first-order valence-electron chi connectivity index (χ1n) is 6.60. The molecule has 0 bridgehead atoms. The Kier molecular flexibility index (Phi) is 5.44. The van der Waals surface area contributed by atoms with Crippen molar-refractivity contribution in [3.63, 3.8) is 0 Å². The van der Waals surface area contributed by atoms with E-state index in [2.05, 4.69) is 63.8 Å². The van der Waals surface area contributed by atoms with E-state index in [-0.39, 0.29) is 11.5 Å². The van der Waals surface area contributed by atoms with E-state index in [0.29, 0.717) is 6.42 Å². The molecule has 0 amide bonds. The number of benzene rings is 1. The van der Waals surface area contributed by atoms with Crippen molar-refractivity contribution >= 4 is 0 Å². The summed E-state index contributed by atoms with van der Waals surface area (Å²) in [5.74, 6) is 6.22. The Balaban J connectivity index is 2.34. The predicted octanol–water partition coefficient (Wildman–Crippen LogP) is 3.73. The lowest BCUT2D eigenvalue weighted by Gasteiger charge is -2.09. The minimum atomic E-state index is -0.318. The summed E-state index contributed by atoms with van der Waals surface area (Å²) in [4.78, 5) is 0. The van der Waals surface area contributed by atoms with Crippen molar-refractivity contribution in [1.29, 1.82) is 0 Å². The fourth-order valence-corrected chi connectivity index (χ4v) is 1.62. The van der Waals surface area contributed by atoms with Gasteiger partial charge in [0.05, 0.1) is 6.10 Å². The molecule has 1 atom stereocenters. The van der Waals surface area contributed by atoms with Crippen LogP contribution in [-0.4, -0.2) is 11.2 Å². The Bertz CT molecular complexity index is 412. The summed E-state index contributed by atoms with van der Waals surface area (Å²) < 4.78 is 0. The van der Waals surface area contributed by atoms with Gasteiger partial charge in [-0.3, -0.25) is 0 Å². The first-order chi connectivity index (χ1) is 8.37. The van der Waals surface area contributed by atoms with Crippen molar-refractivity contribution in [1.82, 2.24) is 0 Å². The molecule has 0 aliphatic carbocycles. The van der Waals surface area contributed by atoms with Crippen LogP contribution in [0.5, 0.6) is 0 Å². The van der Waals surface area contributed by atoms with Crippen molar-refractivity contribution in [3.05, 3.63) is 35.4 Å². The maximum atomic E-state index is 9.86. The van der Waals surface area contributed by atoms with Crippen LogP contribution in [-0.2, 0) is 6.42 Å². The molecule has 0 saturated carbocycles. The van der Waals surface area contributed by atoms with Crippen LogP contribution in [0.3, 0.4) is 0 Å². The summed E-state index contributed by atoms with van der Waals surface area (Å²) in [6.45, 7) is 8.33. The second kappa shape index (κ2) is 6.61. The molecule has 1 nitrogen and oxygen atoms in total. The lowest BCUT2D eigenvalue weighted by atomic mass is 9.97. The van der Waals surface area contributed by atoms with Gasteiger partial charge in [-0.25, -0.2) is 0 Å². The van der Waals surface area contributed by atoms with E-state index in [1.165, 1.54) is 11.1 Å². The van der Waals surface area contributed by atoms with Gasteiger partial charge in [-0.15, -0.1) is 5.92 Å². The number of hydrogen-bond donors (Lipinski definition) is 1. The van der Waals surface area contributed by atoms with Crippen molar-refractivity contribution in [3.8, 4) is 11.8 Å². The van der Waals surface area contributed by atoms with E-state index in [9.17, 15) is 5.11 Å². The zero-order chi connectivity index (χ0) is 13.6. The van der Waals surface area contributed by atoms with Crippen molar-refractivity contribution < 1.29 is 5.11 Å². The quantitative estimate of drug-likeness (QED) is 0.800. The zero-order valence-electron chi connectivity index (χ0n) is 12.0. The smallest absolute Gasteiger partial charge is 0.0652 e. The van der Waals surface area contributed by atoms with E-state index in [0.717, 1.165) is 12.8 Å². The summed E-state index contributed by atoms with van der Waals surface area (Å²) in [6, 6.07) is 8.48. The number of aliphatic hydroxyl groups is 1. The van der Waals surface area contributed by atoms with Gasteiger partial charge in [0.2, 0.25) is 0 Å². The lowest BCUT2D eigenvalue weighted by molar-refractivity contribution is 0.170. The highest BCUT2D eigenvalue weighted by molar-refractivity contribution is 5.21. The molecule has 1 N–H and O–H groups in total. The third kappa shape index (κ3) is 6.47. The van der Waals surface area contributed by atoms with Crippen LogP contribution in [0, 0.1) is 24.2 Å². The lowest BCUT2D eigenvalue weighted by Crippen LogP contribution is -2.07. The number of rotatable bonds is 4. The van der Waals surface area contributed by atoms with Gasteiger partial charge >= 0.3 is 0 Å². The third-order valence-electron chi connectivity index (χ3n) is 2.69. The Morgan fingerprint density at radius 3 is 2.33 bits per heavy atom. The van der Waals surface area contributed by atoms with Gasteiger partial charge in [-0.1, -0.05) is 35.7 Å². The molecule has 1 unspecified atom stereocenters. The summed E-state index contributed by atoms with van der Waals surface area (Å²) in [7, 11) is 0. The molecule has 0 radical (unpaired) electrons. The molecule has 0 aliphatic rings.